The summed E-state index contributed by atoms with van der Waals surface area (Å²) < 4.78 is 7.26. The molecule has 202 valence electrons. The summed E-state index contributed by atoms with van der Waals surface area (Å²) in [6, 6.07) is 4.57. The van der Waals surface area contributed by atoms with Gasteiger partial charge in [-0.05, 0) is 43.5 Å². The van der Waals surface area contributed by atoms with Crippen molar-refractivity contribution in [2.24, 2.45) is 17.4 Å². The Bertz CT molecular complexity index is 867. The van der Waals surface area contributed by atoms with Gasteiger partial charge in [-0.2, -0.15) is 0 Å². The molecule has 7 N–H and O–H groups in total. The number of hydrogen-bond donors (Lipinski definition) is 5. The SMILES string of the molecule is CC(C)[C@H](N)C(=O)N[C@@H](CCCNC(N)=O)C(=O)Nc1ccc(COC(=O)N(C)CCN(C)I)cc1. The number of urea groups is 1. The molecule has 0 aliphatic carbocycles. The van der Waals surface area contributed by atoms with Gasteiger partial charge in [0.05, 0.1) is 6.04 Å². The molecule has 36 heavy (non-hydrogen) atoms. The summed E-state index contributed by atoms with van der Waals surface area (Å²) in [5.41, 5.74) is 12.2. The van der Waals surface area contributed by atoms with E-state index in [1.165, 1.54) is 4.90 Å². The monoisotopic (exact) mass is 619 g/mol. The van der Waals surface area contributed by atoms with Crippen LogP contribution in [0.15, 0.2) is 24.3 Å². The lowest BCUT2D eigenvalue weighted by Crippen LogP contribution is -2.51. The van der Waals surface area contributed by atoms with Gasteiger partial charge >= 0.3 is 12.1 Å². The van der Waals surface area contributed by atoms with Gasteiger partial charge in [0.1, 0.15) is 12.6 Å². The van der Waals surface area contributed by atoms with Crippen molar-refractivity contribution in [1.82, 2.24) is 18.6 Å². The lowest BCUT2D eigenvalue weighted by Gasteiger charge is -2.22. The molecule has 0 saturated heterocycles. The van der Waals surface area contributed by atoms with Crippen LogP contribution in [0.1, 0.15) is 32.3 Å². The third kappa shape index (κ3) is 12.4. The number of carbonyl (C=O) groups excluding carboxylic acids is 4. The number of ether oxygens (including phenoxy) is 1. The Morgan fingerprint density at radius 1 is 1.06 bits per heavy atom. The van der Waals surface area contributed by atoms with Gasteiger partial charge in [0.25, 0.3) is 0 Å². The van der Waals surface area contributed by atoms with Crippen LogP contribution in [-0.2, 0) is 20.9 Å². The van der Waals surface area contributed by atoms with E-state index in [1.54, 1.807) is 31.3 Å². The maximum absolute atomic E-state index is 12.9. The van der Waals surface area contributed by atoms with Gasteiger partial charge in [0.15, 0.2) is 0 Å². The quantitative estimate of drug-likeness (QED) is 0.119. The Labute approximate surface area is 226 Å². The predicted octanol–water partition coefficient (Wildman–Crippen LogP) is 1.39. The van der Waals surface area contributed by atoms with E-state index in [9.17, 15) is 19.2 Å². The van der Waals surface area contributed by atoms with Gasteiger partial charge in [-0.3, -0.25) is 9.59 Å². The van der Waals surface area contributed by atoms with Crippen molar-refractivity contribution in [2.75, 3.05) is 39.0 Å². The molecule has 1 rings (SSSR count). The van der Waals surface area contributed by atoms with Crippen molar-refractivity contribution < 1.29 is 23.9 Å². The first-order valence-electron chi connectivity index (χ1n) is 11.6. The second-order valence-electron chi connectivity index (χ2n) is 8.75. The minimum atomic E-state index is -0.852. The van der Waals surface area contributed by atoms with E-state index in [0.29, 0.717) is 25.2 Å². The second kappa shape index (κ2) is 16.2. The third-order valence-electron chi connectivity index (χ3n) is 5.26. The van der Waals surface area contributed by atoms with Gasteiger partial charge in [-0.15, -0.1) is 0 Å². The standard InChI is InChI=1S/C23H38IN7O5/c1-15(2)19(25)21(33)29-18(6-5-11-27-22(26)34)20(32)28-17-9-7-16(8-10-17)14-36-23(35)30(3)12-13-31(4)24/h7-10,15,18-19H,5-6,11-14,25H2,1-4H3,(H,28,32)(H,29,33)(H3,26,27,34)/t18-,19-/m0/s1. The van der Waals surface area contributed by atoms with E-state index < -0.39 is 36.0 Å². The molecule has 0 aromatic heterocycles. The highest BCUT2D eigenvalue weighted by molar-refractivity contribution is 14.1. The highest BCUT2D eigenvalue weighted by Gasteiger charge is 2.25. The highest BCUT2D eigenvalue weighted by atomic mass is 127. The van der Waals surface area contributed by atoms with E-state index in [-0.39, 0.29) is 25.5 Å². The fraction of sp³-hybridized carbons (Fsp3) is 0.565. The van der Waals surface area contributed by atoms with Crippen LogP contribution in [0.25, 0.3) is 0 Å². The normalized spacial score (nSPS) is 12.6. The van der Waals surface area contributed by atoms with Crippen LogP contribution in [0.5, 0.6) is 0 Å². The number of nitrogens with two attached hydrogens (primary N) is 2. The van der Waals surface area contributed by atoms with Crippen molar-refractivity contribution in [3.63, 3.8) is 0 Å². The molecule has 0 aliphatic rings. The van der Waals surface area contributed by atoms with E-state index >= 15 is 0 Å². The van der Waals surface area contributed by atoms with Crippen LogP contribution < -0.4 is 27.4 Å². The van der Waals surface area contributed by atoms with Gasteiger partial charge in [-0.25, -0.2) is 12.7 Å². The Morgan fingerprint density at radius 2 is 1.69 bits per heavy atom. The number of carbonyl (C=O) groups is 4. The Morgan fingerprint density at radius 3 is 2.25 bits per heavy atom. The Kier molecular flexibility index (Phi) is 14.1. The lowest BCUT2D eigenvalue weighted by molar-refractivity contribution is -0.128. The van der Waals surface area contributed by atoms with Crippen LogP contribution in [0.3, 0.4) is 0 Å². The lowest BCUT2D eigenvalue weighted by atomic mass is 10.0. The molecular weight excluding hydrogens is 581 g/mol. The minimum Gasteiger partial charge on any atom is -0.445 e. The second-order valence-corrected chi connectivity index (χ2v) is 10.4. The topological polar surface area (TPSA) is 172 Å². The van der Waals surface area contributed by atoms with E-state index in [2.05, 4.69) is 38.8 Å². The Hall–Kier alpha value is -2.65. The Balaban J connectivity index is 2.70. The summed E-state index contributed by atoms with van der Waals surface area (Å²) in [5.74, 6) is -0.945. The molecule has 1 aromatic rings. The van der Waals surface area contributed by atoms with Gasteiger partial charge in [0, 0.05) is 55.2 Å². The largest absolute Gasteiger partial charge is 0.445 e. The number of nitrogens with one attached hydrogen (secondary N) is 3. The summed E-state index contributed by atoms with van der Waals surface area (Å²) in [6.07, 6.45) is 0.275. The molecule has 0 unspecified atom stereocenters. The van der Waals surface area contributed by atoms with Crippen molar-refractivity contribution in [3.05, 3.63) is 29.8 Å². The molecule has 0 radical (unpaired) electrons. The van der Waals surface area contributed by atoms with Crippen molar-refractivity contribution in [2.45, 2.75) is 45.4 Å². The minimum absolute atomic E-state index is 0.0934. The van der Waals surface area contributed by atoms with Gasteiger partial charge in [0.2, 0.25) is 11.8 Å². The van der Waals surface area contributed by atoms with Crippen LogP contribution >= 0.6 is 22.9 Å². The maximum atomic E-state index is 12.9. The summed E-state index contributed by atoms with van der Waals surface area (Å²) in [6.45, 7) is 5.25. The molecule has 0 bridgehead atoms. The molecule has 0 aliphatic heterocycles. The summed E-state index contributed by atoms with van der Waals surface area (Å²) in [5, 5.41) is 7.92. The highest BCUT2D eigenvalue weighted by Crippen LogP contribution is 2.13. The smallest absolute Gasteiger partial charge is 0.409 e. The molecule has 0 spiro atoms. The van der Waals surface area contributed by atoms with Crippen LogP contribution in [0, 0.1) is 5.92 Å². The van der Waals surface area contributed by atoms with E-state index in [0.717, 1.165) is 5.56 Å². The molecule has 0 saturated carbocycles. The van der Waals surface area contributed by atoms with E-state index in [4.69, 9.17) is 16.2 Å². The molecule has 2 atom stereocenters. The number of amides is 5. The average Bonchev–Trinajstić information content (AvgIpc) is 2.82. The summed E-state index contributed by atoms with van der Waals surface area (Å²) >= 11 is 2.14. The summed E-state index contributed by atoms with van der Waals surface area (Å²) in [7, 11) is 3.59. The molecule has 0 heterocycles. The molecule has 13 heteroatoms. The van der Waals surface area contributed by atoms with Crippen LogP contribution in [-0.4, -0.2) is 77.8 Å². The summed E-state index contributed by atoms with van der Waals surface area (Å²) in [4.78, 5) is 49.8. The van der Waals surface area contributed by atoms with Crippen molar-refractivity contribution >= 4 is 52.5 Å². The number of rotatable bonds is 14. The van der Waals surface area contributed by atoms with Gasteiger partial charge in [-0.1, -0.05) is 26.0 Å². The average molecular weight is 620 g/mol. The first-order valence-corrected chi connectivity index (χ1v) is 12.6. The number of hydrogen-bond acceptors (Lipinski definition) is 7. The number of benzene rings is 1. The molecule has 12 nitrogen and oxygen atoms in total. The maximum Gasteiger partial charge on any atom is 0.409 e. The first kappa shape index (κ1) is 31.4. The fourth-order valence-corrected chi connectivity index (χ4v) is 3.12. The predicted molar refractivity (Wildman–Crippen MR) is 146 cm³/mol. The molecule has 0 fully saturated rings. The number of nitrogens with zero attached hydrogens (tertiary/aromatic N) is 2. The number of likely N-dealkylation sites (N-methyl/N-ethyl adjacent to an activating group) is 2. The van der Waals surface area contributed by atoms with Crippen molar-refractivity contribution in [3.8, 4) is 0 Å². The number of anilines is 1. The zero-order chi connectivity index (χ0) is 27.3. The van der Waals surface area contributed by atoms with Crippen molar-refractivity contribution in [1.29, 1.82) is 0 Å². The molecular formula is C23H38IN7O5. The first-order chi connectivity index (χ1) is 16.9. The van der Waals surface area contributed by atoms with Gasteiger partial charge < -0.3 is 37.1 Å². The zero-order valence-electron chi connectivity index (χ0n) is 21.3. The fourth-order valence-electron chi connectivity index (χ4n) is 2.91. The number of primary amides is 1. The van der Waals surface area contributed by atoms with Crippen LogP contribution in [0.4, 0.5) is 15.3 Å². The third-order valence-corrected chi connectivity index (χ3v) is 5.74. The molecule has 5 amide bonds. The number of halogens is 1. The molecule has 1 aromatic carbocycles. The van der Waals surface area contributed by atoms with Crippen LogP contribution in [0.2, 0.25) is 0 Å². The zero-order valence-corrected chi connectivity index (χ0v) is 23.4. The van der Waals surface area contributed by atoms with E-state index in [1.807, 2.05) is 24.0 Å².